The lowest BCUT2D eigenvalue weighted by Gasteiger charge is -2.16. The standard InChI is InChI=1S/C15H20N2O4.C2H6/c1-10(19)3-8-14(11(2)20)17-15(21)16-13-6-4-12(9-18)5-7-13;1-2/h4-7,14,18H,3,8-9H2,1-2H3,(H2,16,17,21);1-2H3. The second kappa shape index (κ2) is 11.4. The summed E-state index contributed by atoms with van der Waals surface area (Å²) in [5.74, 6) is -0.218. The van der Waals surface area contributed by atoms with Crippen LogP contribution in [0.2, 0.25) is 0 Å². The number of Topliss-reactive ketones (excluding diaryl/α,β-unsaturated/α-hetero) is 2. The topological polar surface area (TPSA) is 95.5 Å². The lowest BCUT2D eigenvalue weighted by atomic mass is 10.1. The van der Waals surface area contributed by atoms with Gasteiger partial charge in [0.1, 0.15) is 5.78 Å². The molecule has 1 rings (SSSR count). The van der Waals surface area contributed by atoms with E-state index in [1.54, 1.807) is 24.3 Å². The van der Waals surface area contributed by atoms with Gasteiger partial charge in [0.25, 0.3) is 0 Å². The summed E-state index contributed by atoms with van der Waals surface area (Å²) in [7, 11) is 0. The van der Waals surface area contributed by atoms with Crippen molar-refractivity contribution in [3.05, 3.63) is 29.8 Å². The van der Waals surface area contributed by atoms with Crippen molar-refractivity contribution < 1.29 is 19.5 Å². The minimum atomic E-state index is -0.675. The number of aliphatic hydroxyl groups excluding tert-OH is 1. The maximum absolute atomic E-state index is 11.8. The number of rotatable bonds is 7. The Kier molecular flexibility index (Phi) is 10.3. The van der Waals surface area contributed by atoms with Crippen LogP contribution in [0.4, 0.5) is 10.5 Å². The van der Waals surface area contributed by atoms with E-state index in [1.807, 2.05) is 13.8 Å². The van der Waals surface area contributed by atoms with Crippen molar-refractivity contribution in [2.24, 2.45) is 0 Å². The first-order valence-electron chi connectivity index (χ1n) is 7.69. The van der Waals surface area contributed by atoms with Gasteiger partial charge in [0, 0.05) is 12.1 Å². The first kappa shape index (κ1) is 20.8. The van der Waals surface area contributed by atoms with E-state index in [9.17, 15) is 14.4 Å². The molecule has 0 aliphatic heterocycles. The quantitative estimate of drug-likeness (QED) is 0.719. The zero-order chi connectivity index (χ0) is 17.8. The minimum Gasteiger partial charge on any atom is -0.392 e. The lowest BCUT2D eigenvalue weighted by molar-refractivity contribution is -0.119. The van der Waals surface area contributed by atoms with Gasteiger partial charge in [-0.05, 0) is 38.0 Å². The number of carbonyl (C=O) groups is 3. The van der Waals surface area contributed by atoms with E-state index in [0.717, 1.165) is 5.56 Å². The predicted octanol–water partition coefficient (Wildman–Crippen LogP) is 2.65. The van der Waals surface area contributed by atoms with Gasteiger partial charge in [-0.1, -0.05) is 26.0 Å². The fourth-order valence-corrected chi connectivity index (χ4v) is 1.74. The maximum atomic E-state index is 11.8. The maximum Gasteiger partial charge on any atom is 0.319 e. The highest BCUT2D eigenvalue weighted by Gasteiger charge is 2.17. The summed E-state index contributed by atoms with van der Waals surface area (Å²) in [6, 6.07) is 5.51. The summed E-state index contributed by atoms with van der Waals surface area (Å²) in [6.45, 7) is 6.75. The van der Waals surface area contributed by atoms with Crippen LogP contribution in [0.1, 0.15) is 46.1 Å². The summed E-state index contributed by atoms with van der Waals surface area (Å²) in [5.41, 5.74) is 1.29. The van der Waals surface area contributed by atoms with E-state index in [1.165, 1.54) is 13.8 Å². The van der Waals surface area contributed by atoms with Crippen LogP contribution in [0.5, 0.6) is 0 Å². The molecule has 0 aliphatic carbocycles. The van der Waals surface area contributed by atoms with E-state index in [-0.39, 0.29) is 24.6 Å². The van der Waals surface area contributed by atoms with Crippen LogP contribution in [0.3, 0.4) is 0 Å². The number of nitrogens with one attached hydrogen (secondary N) is 2. The van der Waals surface area contributed by atoms with Crippen molar-refractivity contribution in [2.75, 3.05) is 5.32 Å². The molecule has 1 atom stereocenters. The van der Waals surface area contributed by atoms with Crippen molar-refractivity contribution in [2.45, 2.75) is 53.2 Å². The smallest absolute Gasteiger partial charge is 0.319 e. The van der Waals surface area contributed by atoms with Crippen molar-refractivity contribution in [1.82, 2.24) is 5.32 Å². The Bertz CT molecular complexity index is 512. The molecular weight excluding hydrogens is 296 g/mol. The first-order chi connectivity index (χ1) is 10.9. The highest BCUT2D eigenvalue weighted by atomic mass is 16.3. The third kappa shape index (κ3) is 8.73. The van der Waals surface area contributed by atoms with Crippen LogP contribution < -0.4 is 10.6 Å². The molecule has 6 heteroatoms. The number of hydrogen-bond donors (Lipinski definition) is 3. The molecule has 0 bridgehead atoms. The molecule has 2 amide bonds. The second-order valence-corrected chi connectivity index (χ2v) is 4.86. The third-order valence-electron chi connectivity index (χ3n) is 2.98. The Morgan fingerprint density at radius 1 is 1.09 bits per heavy atom. The van der Waals surface area contributed by atoms with Crippen molar-refractivity contribution >= 4 is 23.3 Å². The summed E-state index contributed by atoms with van der Waals surface area (Å²) < 4.78 is 0. The number of hydrogen-bond acceptors (Lipinski definition) is 4. The van der Waals surface area contributed by atoms with Gasteiger partial charge in [0.2, 0.25) is 0 Å². The Morgan fingerprint density at radius 2 is 1.65 bits per heavy atom. The van der Waals surface area contributed by atoms with Crippen LogP contribution >= 0.6 is 0 Å². The summed E-state index contributed by atoms with van der Waals surface area (Å²) in [4.78, 5) is 34.2. The van der Waals surface area contributed by atoms with Gasteiger partial charge in [-0.2, -0.15) is 0 Å². The third-order valence-corrected chi connectivity index (χ3v) is 2.98. The highest BCUT2D eigenvalue weighted by molar-refractivity contribution is 5.93. The van der Waals surface area contributed by atoms with Crippen molar-refractivity contribution in [3.63, 3.8) is 0 Å². The molecule has 0 fully saturated rings. The molecule has 0 spiro atoms. The summed E-state index contributed by atoms with van der Waals surface area (Å²) in [5, 5.41) is 14.1. The SMILES string of the molecule is CC.CC(=O)CCC(NC(=O)Nc1ccc(CO)cc1)C(C)=O. The molecule has 6 nitrogen and oxygen atoms in total. The molecule has 1 unspecified atom stereocenters. The van der Waals surface area contributed by atoms with E-state index >= 15 is 0 Å². The lowest BCUT2D eigenvalue weighted by Crippen LogP contribution is -2.42. The number of ketones is 2. The predicted molar refractivity (Wildman–Crippen MR) is 90.3 cm³/mol. The summed E-state index contributed by atoms with van der Waals surface area (Å²) >= 11 is 0. The van der Waals surface area contributed by atoms with Crippen molar-refractivity contribution in [1.29, 1.82) is 0 Å². The number of carbonyl (C=O) groups excluding carboxylic acids is 3. The van der Waals surface area contributed by atoms with E-state index in [4.69, 9.17) is 5.11 Å². The molecule has 128 valence electrons. The monoisotopic (exact) mass is 322 g/mol. The molecule has 3 N–H and O–H groups in total. The molecule has 23 heavy (non-hydrogen) atoms. The van der Waals surface area contributed by atoms with Crippen LogP contribution in [0.25, 0.3) is 0 Å². The van der Waals surface area contributed by atoms with Gasteiger partial charge < -0.3 is 20.5 Å². The minimum absolute atomic E-state index is 0.0250. The number of anilines is 1. The number of benzene rings is 1. The summed E-state index contributed by atoms with van der Waals surface area (Å²) in [6.07, 6.45) is 0.539. The molecule has 0 radical (unpaired) electrons. The fourth-order valence-electron chi connectivity index (χ4n) is 1.74. The molecule has 0 aliphatic rings. The molecule has 0 saturated carbocycles. The van der Waals surface area contributed by atoms with Crippen LogP contribution in [0.15, 0.2) is 24.3 Å². The number of urea groups is 1. The van der Waals surface area contributed by atoms with E-state index in [0.29, 0.717) is 12.1 Å². The normalized spacial score (nSPS) is 10.8. The largest absolute Gasteiger partial charge is 0.392 e. The molecule has 0 saturated heterocycles. The van der Waals surface area contributed by atoms with Gasteiger partial charge in [-0.15, -0.1) is 0 Å². The van der Waals surface area contributed by atoms with Crippen molar-refractivity contribution in [3.8, 4) is 0 Å². The van der Waals surface area contributed by atoms with Gasteiger partial charge in [-0.3, -0.25) is 4.79 Å². The Balaban J connectivity index is 0.00000232. The molecule has 0 aromatic heterocycles. The second-order valence-electron chi connectivity index (χ2n) is 4.86. The highest BCUT2D eigenvalue weighted by Crippen LogP contribution is 2.09. The van der Waals surface area contributed by atoms with Crippen LogP contribution in [0, 0.1) is 0 Å². The number of aliphatic hydroxyl groups is 1. The van der Waals surface area contributed by atoms with Gasteiger partial charge in [-0.25, -0.2) is 4.79 Å². The molecule has 0 heterocycles. The average Bonchev–Trinajstić information content (AvgIpc) is 2.53. The van der Waals surface area contributed by atoms with E-state index in [2.05, 4.69) is 10.6 Å². The Labute approximate surface area is 137 Å². The van der Waals surface area contributed by atoms with Gasteiger partial charge >= 0.3 is 6.03 Å². The zero-order valence-corrected chi connectivity index (χ0v) is 14.2. The first-order valence-corrected chi connectivity index (χ1v) is 7.69. The van der Waals surface area contributed by atoms with E-state index < -0.39 is 12.1 Å². The fraction of sp³-hybridized carbons (Fsp3) is 0.471. The van der Waals surface area contributed by atoms with Gasteiger partial charge in [0.05, 0.1) is 12.6 Å². The zero-order valence-electron chi connectivity index (χ0n) is 14.2. The van der Waals surface area contributed by atoms with Crippen LogP contribution in [-0.4, -0.2) is 28.7 Å². The number of amides is 2. The van der Waals surface area contributed by atoms with Gasteiger partial charge in [0.15, 0.2) is 5.78 Å². The molecule has 1 aromatic rings. The molecule has 1 aromatic carbocycles. The van der Waals surface area contributed by atoms with Crippen LogP contribution in [-0.2, 0) is 16.2 Å². The average molecular weight is 322 g/mol. The Morgan fingerprint density at radius 3 is 2.09 bits per heavy atom. The Hall–Kier alpha value is -2.21. The molecular formula is C17H26N2O4.